The third-order valence-electron chi connectivity index (χ3n) is 3.41. The quantitative estimate of drug-likeness (QED) is 0.877. The second-order valence-electron chi connectivity index (χ2n) is 4.65. The first-order valence-electron chi connectivity index (χ1n) is 6.59. The van der Waals surface area contributed by atoms with E-state index in [1.165, 1.54) is 23.8 Å². The lowest BCUT2D eigenvalue weighted by molar-refractivity contribution is 0.419. The molecule has 2 aromatic rings. The van der Waals surface area contributed by atoms with Crippen molar-refractivity contribution in [2.24, 2.45) is 5.73 Å². The number of hydrogen-bond donors (Lipinski definition) is 1. The van der Waals surface area contributed by atoms with Crippen molar-refractivity contribution in [1.29, 1.82) is 0 Å². The van der Waals surface area contributed by atoms with E-state index in [2.05, 4.69) is 31.2 Å². The summed E-state index contributed by atoms with van der Waals surface area (Å²) in [6.45, 7) is 2.19. The minimum Gasteiger partial charge on any atom is -0.496 e. The van der Waals surface area contributed by atoms with E-state index in [9.17, 15) is 0 Å². The van der Waals surface area contributed by atoms with Gasteiger partial charge in [0.25, 0.3) is 0 Å². The number of hydrogen-bond acceptors (Lipinski definition) is 2. The number of benzene rings is 2. The predicted octanol–water partition coefficient (Wildman–Crippen LogP) is 4.46. The van der Waals surface area contributed by atoms with Crippen LogP contribution in [-0.4, -0.2) is 7.11 Å². The smallest absolute Gasteiger partial charge is 0.126 e. The molecule has 0 aliphatic rings. The van der Waals surface area contributed by atoms with Gasteiger partial charge < -0.3 is 10.5 Å². The molecule has 2 N–H and O–H groups in total. The molecule has 104 valence electrons. The van der Waals surface area contributed by atoms with Gasteiger partial charge in [0.1, 0.15) is 5.75 Å². The maximum atomic E-state index is 6.30. The summed E-state index contributed by atoms with van der Waals surface area (Å²) in [6.07, 6.45) is 3.39. The van der Waals surface area contributed by atoms with Crippen molar-refractivity contribution < 1.29 is 4.74 Å². The lowest BCUT2D eigenvalue weighted by Gasteiger charge is -2.16. The molecule has 3 heteroatoms. The monoisotopic (exact) mass is 279 g/mol. The minimum absolute atomic E-state index is 0. The first-order chi connectivity index (χ1) is 8.77. The zero-order valence-electron chi connectivity index (χ0n) is 11.6. The van der Waals surface area contributed by atoms with Crippen LogP contribution in [0.2, 0.25) is 0 Å². The van der Waals surface area contributed by atoms with Crippen LogP contribution < -0.4 is 10.5 Å². The minimum atomic E-state index is 0. The van der Waals surface area contributed by atoms with Gasteiger partial charge in [0.15, 0.2) is 0 Å². The van der Waals surface area contributed by atoms with Gasteiger partial charge in [0, 0.05) is 11.4 Å². The molecule has 0 aliphatic heterocycles. The Morgan fingerprint density at radius 1 is 1.11 bits per heavy atom. The van der Waals surface area contributed by atoms with E-state index >= 15 is 0 Å². The molecule has 0 spiro atoms. The van der Waals surface area contributed by atoms with Crippen LogP contribution >= 0.6 is 12.4 Å². The SMILES string of the molecule is CCCC[C@H](N)c1ccc(OC)c2ccccc12.Cl. The summed E-state index contributed by atoms with van der Waals surface area (Å²) in [5.74, 6) is 0.914. The Balaban J connectivity index is 0.00000180. The average molecular weight is 280 g/mol. The van der Waals surface area contributed by atoms with Gasteiger partial charge >= 0.3 is 0 Å². The zero-order valence-corrected chi connectivity index (χ0v) is 12.4. The third-order valence-corrected chi connectivity index (χ3v) is 3.41. The van der Waals surface area contributed by atoms with Gasteiger partial charge in [-0.1, -0.05) is 50.1 Å². The van der Waals surface area contributed by atoms with Crippen LogP contribution in [0.25, 0.3) is 10.8 Å². The topological polar surface area (TPSA) is 35.2 Å². The van der Waals surface area contributed by atoms with E-state index < -0.39 is 0 Å². The Kier molecular flexibility index (Phi) is 6.13. The van der Waals surface area contributed by atoms with E-state index in [4.69, 9.17) is 10.5 Å². The van der Waals surface area contributed by atoms with Crippen LogP contribution in [-0.2, 0) is 0 Å². The fourth-order valence-corrected chi connectivity index (χ4v) is 2.38. The van der Waals surface area contributed by atoms with Crippen LogP contribution in [0, 0.1) is 0 Å². The van der Waals surface area contributed by atoms with Crippen molar-refractivity contribution in [2.45, 2.75) is 32.2 Å². The molecular formula is C16H22ClNO. The van der Waals surface area contributed by atoms with Gasteiger partial charge in [0.05, 0.1) is 7.11 Å². The van der Waals surface area contributed by atoms with Crippen LogP contribution in [0.5, 0.6) is 5.75 Å². The Morgan fingerprint density at radius 2 is 1.79 bits per heavy atom. The standard InChI is InChI=1S/C16H21NO.ClH/c1-3-4-9-15(17)13-10-11-16(18-2)14-8-6-5-7-12(13)14;/h5-8,10-11,15H,3-4,9,17H2,1-2H3;1H/t15-;/m0./s1. The molecule has 0 aromatic heterocycles. The summed E-state index contributed by atoms with van der Waals surface area (Å²) in [6, 6.07) is 12.5. The van der Waals surface area contributed by atoms with Crippen molar-refractivity contribution >= 4 is 23.2 Å². The molecule has 2 rings (SSSR count). The number of fused-ring (bicyclic) bond motifs is 1. The highest BCUT2D eigenvalue weighted by atomic mass is 35.5. The fraction of sp³-hybridized carbons (Fsp3) is 0.375. The molecule has 0 aliphatic carbocycles. The van der Waals surface area contributed by atoms with Gasteiger partial charge in [-0.05, 0) is 23.4 Å². The van der Waals surface area contributed by atoms with Gasteiger partial charge in [-0.2, -0.15) is 0 Å². The molecule has 2 aromatic carbocycles. The van der Waals surface area contributed by atoms with Crippen molar-refractivity contribution in [1.82, 2.24) is 0 Å². The van der Waals surface area contributed by atoms with Crippen LogP contribution in [0.15, 0.2) is 36.4 Å². The van der Waals surface area contributed by atoms with Gasteiger partial charge in [-0.25, -0.2) is 0 Å². The van der Waals surface area contributed by atoms with Gasteiger partial charge in [0.2, 0.25) is 0 Å². The first kappa shape index (κ1) is 15.8. The Bertz CT molecular complexity index is 527. The second-order valence-corrected chi connectivity index (χ2v) is 4.65. The lowest BCUT2D eigenvalue weighted by Crippen LogP contribution is -2.10. The summed E-state index contributed by atoms with van der Waals surface area (Å²) >= 11 is 0. The maximum Gasteiger partial charge on any atom is 0.126 e. The Hall–Kier alpha value is -1.25. The van der Waals surface area contributed by atoms with Crippen LogP contribution in [0.1, 0.15) is 37.8 Å². The number of halogens is 1. The van der Waals surface area contributed by atoms with Crippen LogP contribution in [0.4, 0.5) is 0 Å². The molecule has 0 amide bonds. The van der Waals surface area contributed by atoms with Crippen LogP contribution in [0.3, 0.4) is 0 Å². The van der Waals surface area contributed by atoms with E-state index in [0.29, 0.717) is 0 Å². The molecule has 0 unspecified atom stereocenters. The zero-order chi connectivity index (χ0) is 13.0. The van der Waals surface area contributed by atoms with E-state index in [0.717, 1.165) is 17.6 Å². The third kappa shape index (κ3) is 3.40. The van der Waals surface area contributed by atoms with Gasteiger partial charge in [-0.3, -0.25) is 0 Å². The molecular weight excluding hydrogens is 258 g/mol. The molecule has 2 nitrogen and oxygen atoms in total. The first-order valence-corrected chi connectivity index (χ1v) is 6.59. The highest BCUT2D eigenvalue weighted by Crippen LogP contribution is 2.32. The van der Waals surface area contributed by atoms with Gasteiger partial charge in [-0.15, -0.1) is 12.4 Å². The summed E-state index contributed by atoms with van der Waals surface area (Å²) in [5, 5.41) is 2.35. The second kappa shape index (κ2) is 7.37. The summed E-state index contributed by atoms with van der Waals surface area (Å²) in [5.41, 5.74) is 7.52. The summed E-state index contributed by atoms with van der Waals surface area (Å²) < 4.78 is 5.40. The average Bonchev–Trinajstić information content (AvgIpc) is 2.43. The summed E-state index contributed by atoms with van der Waals surface area (Å²) in [7, 11) is 1.71. The Morgan fingerprint density at radius 3 is 2.42 bits per heavy atom. The normalized spacial score (nSPS) is 11.9. The summed E-state index contributed by atoms with van der Waals surface area (Å²) in [4.78, 5) is 0. The van der Waals surface area contributed by atoms with Crippen molar-refractivity contribution in [3.63, 3.8) is 0 Å². The highest BCUT2D eigenvalue weighted by molar-refractivity contribution is 5.91. The molecule has 0 heterocycles. The number of nitrogens with two attached hydrogens (primary N) is 1. The van der Waals surface area contributed by atoms with Crippen molar-refractivity contribution in [3.8, 4) is 5.75 Å². The van der Waals surface area contributed by atoms with Crippen molar-refractivity contribution in [3.05, 3.63) is 42.0 Å². The molecule has 0 saturated heterocycles. The molecule has 1 atom stereocenters. The molecule has 0 bridgehead atoms. The molecule has 19 heavy (non-hydrogen) atoms. The largest absolute Gasteiger partial charge is 0.496 e. The lowest BCUT2D eigenvalue weighted by atomic mass is 9.95. The van der Waals surface area contributed by atoms with Crippen molar-refractivity contribution in [2.75, 3.05) is 7.11 Å². The van der Waals surface area contributed by atoms with E-state index in [1.54, 1.807) is 7.11 Å². The fourth-order valence-electron chi connectivity index (χ4n) is 2.38. The number of ether oxygens (including phenoxy) is 1. The Labute approximate surface area is 121 Å². The molecule has 0 fully saturated rings. The number of rotatable bonds is 5. The number of methoxy groups -OCH3 is 1. The van der Waals surface area contributed by atoms with E-state index in [-0.39, 0.29) is 18.4 Å². The molecule has 0 radical (unpaired) electrons. The maximum absolute atomic E-state index is 6.30. The highest BCUT2D eigenvalue weighted by Gasteiger charge is 2.11. The predicted molar refractivity (Wildman–Crippen MR) is 84.2 cm³/mol. The number of unbranched alkanes of at least 4 members (excludes halogenated alkanes) is 1. The van der Waals surface area contributed by atoms with E-state index in [1.807, 2.05) is 12.1 Å². The molecule has 0 saturated carbocycles.